The number of hydrogen-bond donors (Lipinski definition) is 1. The minimum atomic E-state index is 0.200. The van der Waals surface area contributed by atoms with E-state index in [1.54, 1.807) is 6.08 Å². The minimum Gasteiger partial charge on any atom is -0.385 e. The molecule has 0 saturated heterocycles. The molecule has 2 heteroatoms. The van der Waals surface area contributed by atoms with Gasteiger partial charge >= 0.3 is 0 Å². The first-order valence-corrected chi connectivity index (χ1v) is 4.50. The first-order valence-electron chi connectivity index (χ1n) is 4.50. The van der Waals surface area contributed by atoms with Gasteiger partial charge < -0.3 is 5.32 Å². The molecule has 1 N–H and O–H groups in total. The molecular formula is C11H15NO. The third kappa shape index (κ3) is 3.74. The van der Waals surface area contributed by atoms with Crippen LogP contribution in [-0.4, -0.2) is 12.3 Å². The normalized spacial score (nSPS) is 17.9. The van der Waals surface area contributed by atoms with Gasteiger partial charge in [0.2, 0.25) is 0 Å². The molecule has 1 rings (SSSR count). The molecule has 0 fully saturated rings. The van der Waals surface area contributed by atoms with Crippen molar-refractivity contribution in [3.63, 3.8) is 0 Å². The topological polar surface area (TPSA) is 29.1 Å². The third-order valence-corrected chi connectivity index (χ3v) is 1.79. The van der Waals surface area contributed by atoms with Gasteiger partial charge in [-0.25, -0.2) is 0 Å². The standard InChI is InChI=1S/C11H15NO/c1-9(2)5-6-10-8-11(13)4-3-7-12-10/h5-6,8,12H,1,3-4,7H2,2H3/b6-5-. The van der Waals surface area contributed by atoms with E-state index in [0.29, 0.717) is 6.42 Å². The Morgan fingerprint density at radius 1 is 1.69 bits per heavy atom. The fraction of sp³-hybridized carbons (Fsp3) is 0.364. The Balaban J connectivity index is 2.66. The number of hydrogen-bond acceptors (Lipinski definition) is 2. The van der Waals surface area contributed by atoms with Gasteiger partial charge in [-0.05, 0) is 19.4 Å². The molecule has 0 unspecified atom stereocenters. The van der Waals surface area contributed by atoms with E-state index >= 15 is 0 Å². The third-order valence-electron chi connectivity index (χ3n) is 1.79. The largest absolute Gasteiger partial charge is 0.385 e. The fourth-order valence-corrected chi connectivity index (χ4v) is 1.13. The van der Waals surface area contributed by atoms with Gasteiger partial charge in [-0.15, -0.1) is 0 Å². The lowest BCUT2D eigenvalue weighted by Gasteiger charge is -2.01. The summed E-state index contributed by atoms with van der Waals surface area (Å²) >= 11 is 0. The van der Waals surface area contributed by atoms with Crippen LogP contribution < -0.4 is 5.32 Å². The van der Waals surface area contributed by atoms with Crippen LogP contribution in [0, 0.1) is 0 Å². The Labute approximate surface area is 79.0 Å². The number of allylic oxidation sites excluding steroid dienone is 4. The predicted octanol–water partition coefficient (Wildman–Crippen LogP) is 1.96. The molecular weight excluding hydrogens is 162 g/mol. The average molecular weight is 177 g/mol. The van der Waals surface area contributed by atoms with E-state index in [2.05, 4.69) is 11.9 Å². The van der Waals surface area contributed by atoms with Gasteiger partial charge in [0.05, 0.1) is 0 Å². The summed E-state index contributed by atoms with van der Waals surface area (Å²) in [6.45, 7) is 6.55. The van der Waals surface area contributed by atoms with Crippen LogP contribution in [0.1, 0.15) is 19.8 Å². The van der Waals surface area contributed by atoms with E-state index in [1.807, 2.05) is 19.1 Å². The Morgan fingerprint density at radius 3 is 3.15 bits per heavy atom. The van der Waals surface area contributed by atoms with Crippen LogP contribution in [0.3, 0.4) is 0 Å². The molecule has 0 aromatic carbocycles. The molecule has 0 aromatic heterocycles. The van der Waals surface area contributed by atoms with Gasteiger partial charge in [-0.1, -0.05) is 18.2 Å². The summed E-state index contributed by atoms with van der Waals surface area (Å²) in [5, 5.41) is 3.18. The summed E-state index contributed by atoms with van der Waals surface area (Å²) in [4.78, 5) is 11.2. The number of rotatable bonds is 2. The van der Waals surface area contributed by atoms with Crippen molar-refractivity contribution in [2.75, 3.05) is 6.54 Å². The molecule has 0 amide bonds. The Morgan fingerprint density at radius 2 is 2.46 bits per heavy atom. The van der Waals surface area contributed by atoms with Crippen molar-refractivity contribution in [1.29, 1.82) is 0 Å². The lowest BCUT2D eigenvalue weighted by atomic mass is 10.2. The van der Waals surface area contributed by atoms with Gasteiger partial charge in [-0.3, -0.25) is 4.79 Å². The van der Waals surface area contributed by atoms with Crippen molar-refractivity contribution in [2.45, 2.75) is 19.8 Å². The highest BCUT2D eigenvalue weighted by Gasteiger charge is 2.04. The SMILES string of the molecule is C=C(C)/C=C\C1=CC(=O)CCCN1. The maximum Gasteiger partial charge on any atom is 0.157 e. The van der Waals surface area contributed by atoms with Crippen molar-refractivity contribution in [3.05, 3.63) is 36.1 Å². The maximum absolute atomic E-state index is 11.2. The van der Waals surface area contributed by atoms with Crippen LogP contribution in [0.4, 0.5) is 0 Å². The second kappa shape index (κ2) is 4.65. The molecule has 0 atom stereocenters. The molecule has 0 radical (unpaired) electrons. The summed E-state index contributed by atoms with van der Waals surface area (Å²) in [7, 11) is 0. The lowest BCUT2D eigenvalue weighted by molar-refractivity contribution is -0.114. The molecule has 2 nitrogen and oxygen atoms in total. The van der Waals surface area contributed by atoms with Crippen molar-refractivity contribution < 1.29 is 4.79 Å². The van der Waals surface area contributed by atoms with Crippen LogP contribution in [0.5, 0.6) is 0 Å². The van der Waals surface area contributed by atoms with Gasteiger partial charge in [-0.2, -0.15) is 0 Å². The molecule has 1 aliphatic heterocycles. The Kier molecular flexibility index (Phi) is 3.50. The summed E-state index contributed by atoms with van der Waals surface area (Å²) in [5.74, 6) is 0.200. The molecule has 0 aliphatic carbocycles. The van der Waals surface area contributed by atoms with Crippen molar-refractivity contribution in [3.8, 4) is 0 Å². The van der Waals surface area contributed by atoms with E-state index in [-0.39, 0.29) is 5.78 Å². The first kappa shape index (κ1) is 9.78. The molecule has 0 bridgehead atoms. The van der Waals surface area contributed by atoms with Crippen LogP contribution in [0.25, 0.3) is 0 Å². The number of ketones is 1. The molecule has 0 spiro atoms. The molecule has 1 heterocycles. The highest BCUT2D eigenvalue weighted by Crippen LogP contribution is 2.04. The van der Waals surface area contributed by atoms with Crippen molar-refractivity contribution in [1.82, 2.24) is 5.32 Å². The van der Waals surface area contributed by atoms with E-state index in [0.717, 1.165) is 24.2 Å². The van der Waals surface area contributed by atoms with Crippen LogP contribution in [-0.2, 0) is 4.79 Å². The van der Waals surface area contributed by atoms with Gasteiger partial charge in [0, 0.05) is 24.7 Å². The van der Waals surface area contributed by atoms with Gasteiger partial charge in [0.1, 0.15) is 0 Å². The number of carbonyl (C=O) groups is 1. The summed E-state index contributed by atoms with van der Waals surface area (Å²) in [6, 6.07) is 0. The van der Waals surface area contributed by atoms with Crippen LogP contribution in [0.15, 0.2) is 36.1 Å². The lowest BCUT2D eigenvalue weighted by Crippen LogP contribution is -2.11. The predicted molar refractivity (Wildman–Crippen MR) is 54.3 cm³/mol. The number of nitrogens with one attached hydrogen (secondary N) is 1. The highest BCUT2D eigenvalue weighted by molar-refractivity contribution is 5.90. The zero-order valence-electron chi connectivity index (χ0n) is 7.97. The zero-order valence-corrected chi connectivity index (χ0v) is 7.97. The van der Waals surface area contributed by atoms with Crippen molar-refractivity contribution in [2.24, 2.45) is 0 Å². The quantitative estimate of drug-likeness (QED) is 0.653. The second-order valence-corrected chi connectivity index (χ2v) is 3.28. The summed E-state index contributed by atoms with van der Waals surface area (Å²) in [6.07, 6.45) is 7.02. The monoisotopic (exact) mass is 177 g/mol. The minimum absolute atomic E-state index is 0.200. The fourth-order valence-electron chi connectivity index (χ4n) is 1.13. The molecule has 1 aliphatic rings. The van der Waals surface area contributed by atoms with Crippen molar-refractivity contribution >= 4 is 5.78 Å². The Bertz CT molecular complexity index is 274. The smallest absolute Gasteiger partial charge is 0.157 e. The van der Waals surface area contributed by atoms with E-state index in [4.69, 9.17) is 0 Å². The van der Waals surface area contributed by atoms with Crippen LogP contribution in [0.2, 0.25) is 0 Å². The molecule has 0 aromatic rings. The van der Waals surface area contributed by atoms with E-state index < -0.39 is 0 Å². The average Bonchev–Trinajstić information content (AvgIpc) is 2.26. The molecule has 13 heavy (non-hydrogen) atoms. The first-order chi connectivity index (χ1) is 6.18. The summed E-state index contributed by atoms with van der Waals surface area (Å²) < 4.78 is 0. The highest BCUT2D eigenvalue weighted by atomic mass is 16.1. The Hall–Kier alpha value is -1.31. The van der Waals surface area contributed by atoms with E-state index in [1.165, 1.54) is 0 Å². The van der Waals surface area contributed by atoms with E-state index in [9.17, 15) is 4.79 Å². The molecule has 70 valence electrons. The second-order valence-electron chi connectivity index (χ2n) is 3.28. The van der Waals surface area contributed by atoms with Crippen LogP contribution >= 0.6 is 0 Å². The zero-order chi connectivity index (χ0) is 9.68. The molecule has 0 saturated carbocycles. The van der Waals surface area contributed by atoms with Gasteiger partial charge in [0.25, 0.3) is 0 Å². The maximum atomic E-state index is 11.2. The number of carbonyl (C=O) groups excluding carboxylic acids is 1. The van der Waals surface area contributed by atoms with Gasteiger partial charge in [0.15, 0.2) is 5.78 Å². The summed E-state index contributed by atoms with van der Waals surface area (Å²) in [5.41, 5.74) is 1.88.